The molecule has 44 heavy (non-hydrogen) atoms. The van der Waals surface area contributed by atoms with Crippen LogP contribution < -0.4 is 0 Å². The van der Waals surface area contributed by atoms with E-state index in [2.05, 4.69) is 4.18 Å². The zero-order valence-electron chi connectivity index (χ0n) is 21.9. The van der Waals surface area contributed by atoms with Gasteiger partial charge in [-0.15, -0.1) is 3.63 Å². The molecule has 27 heteroatoms. The molecule has 0 spiro atoms. The molecule has 0 aliphatic heterocycles. The fourth-order valence-electron chi connectivity index (χ4n) is 2.00. The first-order chi connectivity index (χ1) is 19.1. The summed E-state index contributed by atoms with van der Waals surface area (Å²) in [7, 11) is -19.9. The molecule has 0 bridgehead atoms. The van der Waals surface area contributed by atoms with E-state index >= 15 is 0 Å². The highest BCUT2D eigenvalue weighted by Crippen LogP contribution is 2.34. The van der Waals surface area contributed by atoms with Crippen LogP contribution in [0.25, 0.3) is 0 Å². The summed E-state index contributed by atoms with van der Waals surface area (Å²) < 4.78 is 242. The number of halogens is 15. The Balaban J connectivity index is -0.000000590. The van der Waals surface area contributed by atoms with Gasteiger partial charge in [-0.25, -0.2) is 0 Å². The van der Waals surface area contributed by atoms with Gasteiger partial charge in [-0.2, -0.15) is 91.1 Å². The minimum absolute atomic E-state index is 0.0753. The molecule has 0 amide bonds. The van der Waals surface area contributed by atoms with Crippen LogP contribution in [0.15, 0.2) is 0 Å². The maximum Gasteiger partial charge on any atom is 0.524 e. The van der Waals surface area contributed by atoms with E-state index in [0.717, 1.165) is 12.8 Å². The van der Waals surface area contributed by atoms with E-state index in [9.17, 15) is 91.1 Å². The van der Waals surface area contributed by atoms with Gasteiger partial charge in [-0.05, 0) is 12.8 Å². The molecule has 0 aromatic carbocycles. The average molecular weight is 755 g/mol. The third-order valence-electron chi connectivity index (χ3n) is 4.17. The van der Waals surface area contributed by atoms with Gasteiger partial charge in [-0.1, -0.05) is 52.4 Å². The highest BCUT2D eigenvalue weighted by atomic mass is 32.3. The van der Waals surface area contributed by atoms with E-state index in [1.54, 1.807) is 6.92 Å². The molecule has 0 saturated carbocycles. The molecule has 0 heterocycles. The minimum Gasteiger partial charge on any atom is -0.384 e. The van der Waals surface area contributed by atoms with Crippen molar-refractivity contribution in [2.75, 3.05) is 0 Å². The molecule has 0 radical (unpaired) electrons. The normalized spacial score (nSPS) is 15.4. The zero-order chi connectivity index (χ0) is 36.2. The third kappa shape index (κ3) is 18.6. The number of hydrogen-bond acceptors (Lipinski definition) is 9. The van der Waals surface area contributed by atoms with Gasteiger partial charge >= 0.3 is 59.2 Å². The molecule has 0 aromatic heterocycles. The van der Waals surface area contributed by atoms with Crippen molar-refractivity contribution in [3.63, 3.8) is 0 Å². The number of aliphatic hydroxyl groups excluding tert-OH is 1. The molecule has 0 aliphatic rings. The topological polar surface area (TPSA) is 141 Å². The highest BCUT2D eigenvalue weighted by molar-refractivity contribution is 8.00. The van der Waals surface area contributed by atoms with E-state index in [4.69, 9.17) is 5.11 Å². The van der Waals surface area contributed by atoms with Gasteiger partial charge in [0.2, 0.25) is 0 Å². The first-order valence-corrected chi connectivity index (χ1v) is 15.5. The van der Waals surface area contributed by atoms with Crippen molar-refractivity contribution >= 4 is 30.4 Å². The van der Waals surface area contributed by atoms with Crippen LogP contribution in [0.3, 0.4) is 0 Å². The lowest BCUT2D eigenvalue weighted by molar-refractivity contribution is -0.205. The third-order valence-corrected chi connectivity index (χ3v) is 7.79. The quantitative estimate of drug-likeness (QED) is 0.102. The Kier molecular flexibility index (Phi) is 18.8. The standard InChI is InChI=1S/C8H12F6O3S.C7H13F3O.C2F6O5S2/c1-2-3-4-5-6(7(9,10)11)17-18(15,16)8(12,13)14;1-2-3-4-5-6(11)7(8,9)10;3-1(4,5)14(9,10)13-15(11,12)2(6,7)8/h6H,2-5H2,1H3;6,11H,2-5H2,1H3;. The Morgan fingerprint density at radius 1 is 0.523 bits per heavy atom. The number of rotatable bonds is 12. The number of aliphatic hydroxyl groups is 1. The molecular weight excluding hydrogens is 729 g/mol. The number of alkyl halides is 15. The van der Waals surface area contributed by atoms with E-state index in [0.29, 0.717) is 19.3 Å². The summed E-state index contributed by atoms with van der Waals surface area (Å²) in [5, 5.41) is 8.49. The molecule has 0 aliphatic carbocycles. The van der Waals surface area contributed by atoms with Gasteiger partial charge in [0.05, 0.1) is 0 Å². The van der Waals surface area contributed by atoms with Crippen LogP contribution in [0.4, 0.5) is 65.9 Å². The predicted molar refractivity (Wildman–Crippen MR) is 117 cm³/mol. The zero-order valence-corrected chi connectivity index (χ0v) is 24.4. The SMILES string of the molecule is CCCCCC(O)C(F)(F)F.CCCCCC(OS(=O)(=O)C(F)(F)F)C(F)(F)F.O=S(=O)(OS(=O)(=O)C(F)(F)F)C(F)(F)F. The van der Waals surface area contributed by atoms with Crippen LogP contribution in [-0.4, -0.2) is 71.4 Å². The summed E-state index contributed by atoms with van der Waals surface area (Å²) in [5.74, 6) is 0. The molecule has 2 unspecified atom stereocenters. The Hall–Kier alpha value is -1.32. The van der Waals surface area contributed by atoms with Gasteiger partial charge in [0, 0.05) is 0 Å². The monoisotopic (exact) mass is 754 g/mol. The summed E-state index contributed by atoms with van der Waals surface area (Å²) in [6, 6.07) is 0. The fraction of sp³-hybridized carbons (Fsp3) is 1.00. The van der Waals surface area contributed by atoms with Crippen molar-refractivity contribution in [2.45, 2.75) is 106 Å². The van der Waals surface area contributed by atoms with Crippen molar-refractivity contribution in [3.05, 3.63) is 0 Å². The lowest BCUT2D eigenvalue weighted by Crippen LogP contribution is -2.38. The van der Waals surface area contributed by atoms with E-state index in [1.807, 2.05) is 10.6 Å². The van der Waals surface area contributed by atoms with Gasteiger partial charge in [-0.3, -0.25) is 4.18 Å². The predicted octanol–water partition coefficient (Wildman–Crippen LogP) is 6.56. The van der Waals surface area contributed by atoms with Crippen molar-refractivity contribution in [1.82, 2.24) is 0 Å². The van der Waals surface area contributed by atoms with Gasteiger partial charge in [0.25, 0.3) is 0 Å². The van der Waals surface area contributed by atoms with Crippen molar-refractivity contribution in [3.8, 4) is 0 Å². The summed E-state index contributed by atoms with van der Waals surface area (Å²) in [5.41, 5.74) is -18.4. The van der Waals surface area contributed by atoms with Crippen molar-refractivity contribution in [2.24, 2.45) is 0 Å². The first-order valence-electron chi connectivity index (χ1n) is 11.2. The minimum atomic E-state index is -6.85. The largest absolute Gasteiger partial charge is 0.524 e. The molecular formula is C17H25F15O9S3. The average Bonchev–Trinajstić information content (AvgIpc) is 2.75. The summed E-state index contributed by atoms with van der Waals surface area (Å²) in [6.07, 6.45) is -12.8. The molecule has 0 aromatic rings. The fourth-order valence-corrected chi connectivity index (χ4v) is 4.18. The molecule has 0 saturated heterocycles. The number of unbranched alkanes of at least 4 members (excludes halogenated alkanes) is 4. The maximum atomic E-state index is 12.3. The lowest BCUT2D eigenvalue weighted by atomic mass is 10.1. The second-order valence-corrected chi connectivity index (χ2v) is 12.8. The summed E-state index contributed by atoms with van der Waals surface area (Å²) in [4.78, 5) is 0. The van der Waals surface area contributed by atoms with Crippen LogP contribution in [0, 0.1) is 0 Å². The second-order valence-electron chi connectivity index (χ2n) is 7.94. The molecule has 0 rings (SSSR count). The van der Waals surface area contributed by atoms with Crippen LogP contribution in [0.2, 0.25) is 0 Å². The van der Waals surface area contributed by atoms with Crippen molar-refractivity contribution < 1.29 is 104 Å². The highest BCUT2D eigenvalue weighted by Gasteiger charge is 2.57. The molecule has 2 atom stereocenters. The van der Waals surface area contributed by atoms with Gasteiger partial charge in [0.1, 0.15) is 6.10 Å². The van der Waals surface area contributed by atoms with Crippen LogP contribution in [0.1, 0.15) is 65.2 Å². The first kappa shape index (κ1) is 47.1. The summed E-state index contributed by atoms with van der Waals surface area (Å²) >= 11 is 0. The Morgan fingerprint density at radius 2 is 0.841 bits per heavy atom. The van der Waals surface area contributed by atoms with E-state index in [1.165, 1.54) is 0 Å². The molecule has 1 N–H and O–H groups in total. The molecule has 0 fully saturated rings. The molecule has 270 valence electrons. The van der Waals surface area contributed by atoms with E-state index in [-0.39, 0.29) is 12.8 Å². The van der Waals surface area contributed by atoms with Crippen LogP contribution in [-0.2, 0) is 38.2 Å². The van der Waals surface area contributed by atoms with E-state index < -0.39 is 77.9 Å². The Labute approximate surface area is 241 Å². The Bertz CT molecular complexity index is 1100. The Morgan fingerprint density at radius 3 is 1.09 bits per heavy atom. The van der Waals surface area contributed by atoms with Crippen LogP contribution >= 0.6 is 0 Å². The van der Waals surface area contributed by atoms with Gasteiger partial charge < -0.3 is 5.11 Å². The van der Waals surface area contributed by atoms with Gasteiger partial charge in [0.15, 0.2) is 6.10 Å². The number of hydrogen-bond donors (Lipinski definition) is 1. The second kappa shape index (κ2) is 17.6. The summed E-state index contributed by atoms with van der Waals surface area (Å²) in [6.45, 7) is 3.58. The smallest absolute Gasteiger partial charge is 0.384 e. The van der Waals surface area contributed by atoms with Crippen LogP contribution in [0.5, 0.6) is 0 Å². The lowest BCUT2D eigenvalue weighted by Gasteiger charge is -2.20. The maximum absolute atomic E-state index is 12.3. The van der Waals surface area contributed by atoms with Crippen molar-refractivity contribution in [1.29, 1.82) is 0 Å². The molecule has 9 nitrogen and oxygen atoms in total.